The summed E-state index contributed by atoms with van der Waals surface area (Å²) in [5.41, 5.74) is 0.231. The van der Waals surface area contributed by atoms with Crippen LogP contribution in [0.4, 0.5) is 32.2 Å². The number of likely N-dealkylation sites (tertiary alicyclic amines) is 1. The van der Waals surface area contributed by atoms with Gasteiger partial charge in [0, 0.05) is 48.6 Å². The number of pyridine rings is 1. The fraction of sp³-hybridized carbons (Fsp3) is 0.476. The number of nitrogens with zero attached hydrogens (tertiary/aromatic N) is 2. The molecule has 4 rings (SSSR count). The number of aliphatic carboxylic acids is 2. The number of alkyl halides is 6. The maximum absolute atomic E-state index is 10.6. The molecule has 2 aliphatic rings. The van der Waals surface area contributed by atoms with Gasteiger partial charge >= 0.3 is 24.3 Å². The maximum atomic E-state index is 10.6. The lowest BCUT2D eigenvalue weighted by Gasteiger charge is -2.27. The predicted octanol–water partition coefficient (Wildman–Crippen LogP) is 3.97. The zero-order chi connectivity index (χ0) is 27.0. The topological polar surface area (TPSA) is 112 Å². The number of hydrogen-bond acceptors (Lipinski definition) is 7. The Morgan fingerprint density at radius 1 is 1.11 bits per heavy atom. The summed E-state index contributed by atoms with van der Waals surface area (Å²) in [5.74, 6) is -3.93. The van der Waals surface area contributed by atoms with Crippen LogP contribution in [0.1, 0.15) is 4.88 Å². The minimum absolute atomic E-state index is 0.231. The lowest BCUT2D eigenvalue weighted by molar-refractivity contribution is -0.193. The van der Waals surface area contributed by atoms with Crippen molar-refractivity contribution in [2.24, 2.45) is 11.3 Å². The van der Waals surface area contributed by atoms with Crippen LogP contribution in [-0.2, 0) is 20.9 Å². The summed E-state index contributed by atoms with van der Waals surface area (Å²) in [6, 6.07) is 10.4. The fourth-order valence-electron chi connectivity index (χ4n) is 3.67. The van der Waals surface area contributed by atoms with E-state index in [1.807, 2.05) is 35.7 Å². The van der Waals surface area contributed by atoms with Crippen LogP contribution in [0.3, 0.4) is 0 Å². The Morgan fingerprint density at radius 2 is 1.75 bits per heavy atom. The molecule has 2 aromatic heterocycles. The van der Waals surface area contributed by atoms with Crippen LogP contribution in [0.25, 0.3) is 0 Å². The Morgan fingerprint density at radius 3 is 2.25 bits per heavy atom. The summed E-state index contributed by atoms with van der Waals surface area (Å²) >= 11 is 1.85. The molecule has 0 spiro atoms. The first-order chi connectivity index (χ1) is 16.7. The molecule has 8 nitrogen and oxygen atoms in total. The number of carboxylic acid groups (broad SMARTS) is 2. The smallest absolute Gasteiger partial charge is 0.475 e. The molecule has 2 saturated heterocycles. The number of ether oxygens (including phenoxy) is 1. The van der Waals surface area contributed by atoms with Crippen molar-refractivity contribution in [2.45, 2.75) is 18.9 Å². The van der Waals surface area contributed by atoms with Crippen LogP contribution in [0.2, 0.25) is 0 Å². The van der Waals surface area contributed by atoms with Gasteiger partial charge in [0.2, 0.25) is 0 Å². The first-order valence-corrected chi connectivity index (χ1v) is 11.2. The van der Waals surface area contributed by atoms with Crippen LogP contribution in [0.15, 0.2) is 41.9 Å². The number of carboxylic acids is 2. The molecule has 15 heteroatoms. The Bertz CT molecular complexity index is 951. The molecule has 2 aromatic rings. The van der Waals surface area contributed by atoms with Crippen molar-refractivity contribution in [1.82, 2.24) is 9.88 Å². The van der Waals surface area contributed by atoms with Gasteiger partial charge in [-0.1, -0.05) is 12.1 Å². The number of halogens is 6. The van der Waals surface area contributed by atoms with Crippen molar-refractivity contribution in [3.05, 3.63) is 46.8 Å². The SMILES string of the molecule is O=C(O)C(F)(F)F.O=C(O)C(F)(F)F.c1ccc(NC[C@]23COC[C@H]2CN(Cc2cccs2)C3)nc1. The van der Waals surface area contributed by atoms with Gasteiger partial charge in [-0.3, -0.25) is 4.90 Å². The molecule has 0 amide bonds. The minimum Gasteiger partial charge on any atom is -0.475 e. The summed E-state index contributed by atoms with van der Waals surface area (Å²) < 4.78 is 69.3. The van der Waals surface area contributed by atoms with Gasteiger partial charge in [0.05, 0.1) is 13.2 Å². The monoisotopic (exact) mass is 543 g/mol. The number of anilines is 1. The van der Waals surface area contributed by atoms with E-state index in [9.17, 15) is 26.3 Å². The molecule has 4 heterocycles. The predicted molar refractivity (Wildman–Crippen MR) is 116 cm³/mol. The summed E-state index contributed by atoms with van der Waals surface area (Å²) in [7, 11) is 0. The quantitative estimate of drug-likeness (QED) is 0.486. The van der Waals surface area contributed by atoms with Crippen molar-refractivity contribution < 1.29 is 50.9 Å². The molecule has 0 unspecified atom stereocenters. The first kappa shape index (κ1) is 29.3. The van der Waals surface area contributed by atoms with Crippen molar-refractivity contribution in [3.63, 3.8) is 0 Å². The highest BCUT2D eigenvalue weighted by atomic mass is 32.1. The van der Waals surface area contributed by atoms with Gasteiger partial charge in [0.15, 0.2) is 0 Å². The highest BCUT2D eigenvalue weighted by Gasteiger charge is 2.50. The van der Waals surface area contributed by atoms with E-state index < -0.39 is 24.3 Å². The van der Waals surface area contributed by atoms with E-state index in [2.05, 4.69) is 32.7 Å². The average Bonchev–Trinajstić information content (AvgIpc) is 3.49. The van der Waals surface area contributed by atoms with Crippen molar-refractivity contribution in [1.29, 1.82) is 0 Å². The number of fused-ring (bicyclic) bond motifs is 1. The zero-order valence-electron chi connectivity index (χ0n) is 18.6. The van der Waals surface area contributed by atoms with E-state index in [1.54, 1.807) is 0 Å². The Labute approximate surface area is 205 Å². The molecule has 3 N–H and O–H groups in total. The second-order valence-electron chi connectivity index (χ2n) is 8.00. The number of thiophene rings is 1. The summed E-state index contributed by atoms with van der Waals surface area (Å²) in [6.07, 6.45) is -8.33. The van der Waals surface area contributed by atoms with Crippen LogP contribution < -0.4 is 5.32 Å². The summed E-state index contributed by atoms with van der Waals surface area (Å²) in [4.78, 5) is 26.2. The van der Waals surface area contributed by atoms with Gasteiger partial charge < -0.3 is 20.3 Å². The summed E-state index contributed by atoms with van der Waals surface area (Å²) in [6.45, 7) is 6.01. The highest BCUT2D eigenvalue weighted by molar-refractivity contribution is 7.09. The largest absolute Gasteiger partial charge is 0.490 e. The second kappa shape index (κ2) is 12.4. The highest BCUT2D eigenvalue weighted by Crippen LogP contribution is 2.42. The van der Waals surface area contributed by atoms with Crippen LogP contribution in [0.5, 0.6) is 0 Å². The lowest BCUT2D eigenvalue weighted by Crippen LogP contribution is -2.37. The third kappa shape index (κ3) is 8.95. The Kier molecular flexibility index (Phi) is 10.1. The number of hydrogen-bond donors (Lipinski definition) is 3. The van der Waals surface area contributed by atoms with Gasteiger partial charge in [-0.15, -0.1) is 11.3 Å². The maximum Gasteiger partial charge on any atom is 0.490 e. The molecule has 0 bridgehead atoms. The normalized spacial score (nSPS) is 21.4. The first-order valence-electron chi connectivity index (χ1n) is 10.3. The molecule has 0 radical (unpaired) electrons. The van der Waals surface area contributed by atoms with Crippen molar-refractivity contribution in [2.75, 3.05) is 38.2 Å². The summed E-state index contributed by atoms with van der Waals surface area (Å²) in [5, 5.41) is 19.9. The van der Waals surface area contributed by atoms with Gasteiger partial charge in [0.1, 0.15) is 5.82 Å². The van der Waals surface area contributed by atoms with Crippen LogP contribution in [0, 0.1) is 11.3 Å². The van der Waals surface area contributed by atoms with Crippen LogP contribution in [-0.4, -0.2) is 77.2 Å². The molecule has 0 saturated carbocycles. The molecular formula is C21H23F6N3O5S. The van der Waals surface area contributed by atoms with E-state index in [0.717, 1.165) is 45.2 Å². The standard InChI is InChI=1S/C17H21N3OS.2C2HF3O2/c1-2-6-18-16(5-1)19-11-17-12-20(8-14(17)10-21-13-17)9-15-4-3-7-22-15;2*3-2(4,5)1(6)7/h1-7,14H,8-13H2,(H,18,19);2*(H,6,7)/t14-,17+;;/m1../s1. The van der Waals surface area contributed by atoms with E-state index in [1.165, 1.54) is 4.88 Å². The second-order valence-corrected chi connectivity index (χ2v) is 9.03. The van der Waals surface area contributed by atoms with Crippen LogP contribution >= 0.6 is 11.3 Å². The molecular weight excluding hydrogens is 520 g/mol. The molecule has 200 valence electrons. The minimum atomic E-state index is -5.08. The molecule has 0 aliphatic carbocycles. The van der Waals surface area contributed by atoms with E-state index in [4.69, 9.17) is 24.5 Å². The molecule has 2 atom stereocenters. The van der Waals surface area contributed by atoms with Crippen molar-refractivity contribution in [3.8, 4) is 0 Å². The van der Waals surface area contributed by atoms with Gasteiger partial charge in [-0.05, 0) is 23.6 Å². The number of carbonyl (C=O) groups is 2. The number of aromatic nitrogens is 1. The van der Waals surface area contributed by atoms with E-state index in [0.29, 0.717) is 5.92 Å². The van der Waals surface area contributed by atoms with Crippen molar-refractivity contribution >= 4 is 29.1 Å². The zero-order valence-corrected chi connectivity index (χ0v) is 19.4. The van der Waals surface area contributed by atoms with Gasteiger partial charge in [0.25, 0.3) is 0 Å². The average molecular weight is 543 g/mol. The Balaban J connectivity index is 0.000000271. The number of nitrogens with one attached hydrogen (secondary N) is 1. The molecule has 36 heavy (non-hydrogen) atoms. The molecule has 2 fully saturated rings. The third-order valence-electron chi connectivity index (χ3n) is 5.32. The number of rotatable bonds is 5. The van der Waals surface area contributed by atoms with Gasteiger partial charge in [-0.25, -0.2) is 14.6 Å². The molecule has 2 aliphatic heterocycles. The molecule has 0 aromatic carbocycles. The van der Waals surface area contributed by atoms with E-state index in [-0.39, 0.29) is 5.41 Å². The lowest BCUT2D eigenvalue weighted by atomic mass is 9.81. The van der Waals surface area contributed by atoms with Gasteiger partial charge in [-0.2, -0.15) is 26.3 Å². The van der Waals surface area contributed by atoms with E-state index >= 15 is 0 Å². The Hall–Kier alpha value is -2.91. The fourth-order valence-corrected chi connectivity index (χ4v) is 4.42. The third-order valence-corrected chi connectivity index (χ3v) is 6.18.